The number of nitrogens with zero attached hydrogens (tertiary/aromatic N) is 3. The predicted molar refractivity (Wildman–Crippen MR) is 96.9 cm³/mol. The van der Waals surface area contributed by atoms with Crippen LogP contribution >= 0.6 is 0 Å². The molecule has 2 rings (SSSR count). The first-order chi connectivity index (χ1) is 11.5. The zero-order chi connectivity index (χ0) is 17.5. The summed E-state index contributed by atoms with van der Waals surface area (Å²) in [6.07, 6.45) is 0.811. The summed E-state index contributed by atoms with van der Waals surface area (Å²) in [6.45, 7) is 8.21. The lowest BCUT2D eigenvalue weighted by molar-refractivity contribution is 0.137. The van der Waals surface area contributed by atoms with Crippen molar-refractivity contribution in [3.63, 3.8) is 0 Å². The number of hydrogen-bond acceptors (Lipinski definition) is 5. The molecule has 0 saturated heterocycles. The average Bonchev–Trinajstić information content (AvgIpc) is 2.58. The van der Waals surface area contributed by atoms with Gasteiger partial charge in [0.25, 0.3) is 0 Å². The van der Waals surface area contributed by atoms with E-state index in [0.29, 0.717) is 12.3 Å². The molecule has 0 amide bonds. The van der Waals surface area contributed by atoms with Crippen molar-refractivity contribution in [1.29, 1.82) is 5.41 Å². The summed E-state index contributed by atoms with van der Waals surface area (Å²) in [5.41, 5.74) is 4.74. The van der Waals surface area contributed by atoms with E-state index < -0.39 is 0 Å². The average molecular weight is 324 g/mol. The Kier molecular flexibility index (Phi) is 6.18. The summed E-state index contributed by atoms with van der Waals surface area (Å²) in [7, 11) is 0. The molecule has 1 unspecified atom stereocenters. The summed E-state index contributed by atoms with van der Waals surface area (Å²) in [4.78, 5) is 14.4. The van der Waals surface area contributed by atoms with E-state index in [9.17, 15) is 0 Å². The topological polar surface area (TPSA) is 71.2 Å². The van der Waals surface area contributed by atoms with Crippen molar-refractivity contribution in [1.82, 2.24) is 9.97 Å². The van der Waals surface area contributed by atoms with Gasteiger partial charge >= 0.3 is 0 Å². The molecule has 2 aromatic rings. The van der Waals surface area contributed by atoms with Crippen molar-refractivity contribution in [3.8, 4) is 0 Å². The zero-order valence-electron chi connectivity index (χ0n) is 14.7. The summed E-state index contributed by atoms with van der Waals surface area (Å²) in [5.74, 6) is 0.247. The maximum absolute atomic E-state index is 7.67. The van der Waals surface area contributed by atoms with Gasteiger partial charge in [0, 0.05) is 17.3 Å². The lowest BCUT2D eigenvalue weighted by atomic mass is 10.0. The van der Waals surface area contributed by atoms with Crippen LogP contribution in [0.5, 0.6) is 0 Å². The van der Waals surface area contributed by atoms with Crippen molar-refractivity contribution in [2.45, 2.75) is 40.0 Å². The molecule has 2 aromatic heterocycles. The fourth-order valence-corrected chi connectivity index (χ4v) is 2.25. The van der Waals surface area contributed by atoms with Gasteiger partial charge in [0.15, 0.2) is 0 Å². The monoisotopic (exact) mass is 324 g/mol. The van der Waals surface area contributed by atoms with Gasteiger partial charge in [-0.1, -0.05) is 24.2 Å². The van der Waals surface area contributed by atoms with Crippen molar-refractivity contribution in [2.24, 2.45) is 5.16 Å². The fourth-order valence-electron chi connectivity index (χ4n) is 2.25. The minimum Gasteiger partial charge on any atom is -0.396 e. The molecule has 24 heavy (non-hydrogen) atoms. The third kappa shape index (κ3) is 4.98. The van der Waals surface area contributed by atoms with Crippen molar-refractivity contribution >= 4 is 11.4 Å². The number of rotatable bonds is 7. The number of oxime groups is 1. The largest absolute Gasteiger partial charge is 0.396 e. The second-order valence-electron chi connectivity index (χ2n) is 5.94. The Morgan fingerprint density at radius 1 is 1.12 bits per heavy atom. The molecular weight excluding hydrogens is 300 g/mol. The number of aromatic nitrogens is 2. The van der Waals surface area contributed by atoms with Crippen LogP contribution in [0, 0.1) is 12.3 Å². The van der Waals surface area contributed by atoms with Crippen LogP contribution in [-0.4, -0.2) is 28.0 Å². The third-order valence-corrected chi connectivity index (χ3v) is 3.76. The van der Waals surface area contributed by atoms with E-state index in [2.05, 4.69) is 22.0 Å². The molecule has 0 aliphatic heterocycles. The molecule has 0 bridgehead atoms. The highest BCUT2D eigenvalue weighted by Crippen LogP contribution is 2.17. The van der Waals surface area contributed by atoms with E-state index in [4.69, 9.17) is 10.2 Å². The van der Waals surface area contributed by atoms with Crippen LogP contribution in [0.3, 0.4) is 0 Å². The van der Waals surface area contributed by atoms with Crippen LogP contribution in [0.4, 0.5) is 0 Å². The molecule has 0 spiro atoms. The fraction of sp³-hybridized carbons (Fsp3) is 0.368. The smallest absolute Gasteiger partial charge is 0.117 e. The Morgan fingerprint density at radius 3 is 2.54 bits per heavy atom. The van der Waals surface area contributed by atoms with Crippen LogP contribution in [0.25, 0.3) is 0 Å². The third-order valence-electron chi connectivity index (χ3n) is 3.76. The molecule has 2 heterocycles. The molecule has 0 aliphatic carbocycles. The first kappa shape index (κ1) is 17.8. The quantitative estimate of drug-likeness (QED) is 0.473. The Bertz CT molecular complexity index is 740. The summed E-state index contributed by atoms with van der Waals surface area (Å²) in [5, 5.41) is 11.8. The van der Waals surface area contributed by atoms with Crippen LogP contribution in [0.15, 0.2) is 41.6 Å². The van der Waals surface area contributed by atoms with Crippen molar-refractivity contribution in [2.75, 3.05) is 6.61 Å². The highest BCUT2D eigenvalue weighted by atomic mass is 16.6. The zero-order valence-corrected chi connectivity index (χ0v) is 14.7. The van der Waals surface area contributed by atoms with Crippen LogP contribution in [-0.2, 0) is 4.84 Å². The first-order valence-corrected chi connectivity index (χ1v) is 8.10. The molecule has 0 fully saturated rings. The molecule has 126 valence electrons. The van der Waals surface area contributed by atoms with Gasteiger partial charge in [-0.2, -0.15) is 0 Å². The molecular formula is C19H24N4O. The standard InChI is InChI=1S/C19H24N4O/c1-13(17-8-6-9-18(22-17)15(3)20)11-12-24-23-16(4)19-10-5-7-14(2)21-19/h5-10,13,20H,11-12H2,1-4H3/b20-15?,23-16+. The number of pyridine rings is 2. The molecule has 1 N–H and O–H groups in total. The first-order valence-electron chi connectivity index (χ1n) is 8.10. The predicted octanol–water partition coefficient (Wildman–Crippen LogP) is 4.11. The summed E-state index contributed by atoms with van der Waals surface area (Å²) >= 11 is 0. The van der Waals surface area contributed by atoms with Gasteiger partial charge in [-0.25, -0.2) is 0 Å². The Labute approximate surface area is 143 Å². The number of hydrogen-bond donors (Lipinski definition) is 1. The van der Waals surface area contributed by atoms with Crippen LogP contribution < -0.4 is 0 Å². The van der Waals surface area contributed by atoms with Crippen LogP contribution in [0.1, 0.15) is 55.9 Å². The van der Waals surface area contributed by atoms with Gasteiger partial charge in [-0.05, 0) is 51.5 Å². The lowest BCUT2D eigenvalue weighted by Crippen LogP contribution is -2.06. The van der Waals surface area contributed by atoms with E-state index in [1.54, 1.807) is 6.92 Å². The number of nitrogens with one attached hydrogen (secondary N) is 1. The molecule has 0 aromatic carbocycles. The maximum atomic E-state index is 7.67. The molecule has 0 saturated carbocycles. The normalized spacial score (nSPS) is 12.8. The SMILES string of the molecule is CC(=N)c1cccc(C(C)CCO/N=C(\C)c2cccc(C)n2)n1. The molecule has 5 nitrogen and oxygen atoms in total. The van der Waals surface area contributed by atoms with E-state index in [-0.39, 0.29) is 5.92 Å². The molecule has 0 aliphatic rings. The van der Waals surface area contributed by atoms with Crippen molar-refractivity contribution < 1.29 is 4.84 Å². The van der Waals surface area contributed by atoms with Gasteiger partial charge in [-0.3, -0.25) is 9.97 Å². The van der Waals surface area contributed by atoms with E-state index >= 15 is 0 Å². The summed E-state index contributed by atoms with van der Waals surface area (Å²) < 4.78 is 0. The maximum Gasteiger partial charge on any atom is 0.117 e. The van der Waals surface area contributed by atoms with Crippen LogP contribution in [0.2, 0.25) is 0 Å². The van der Waals surface area contributed by atoms with Gasteiger partial charge in [-0.15, -0.1) is 0 Å². The van der Waals surface area contributed by atoms with Gasteiger partial charge in [0.1, 0.15) is 12.3 Å². The molecule has 5 heteroatoms. The minimum atomic E-state index is 0.247. The van der Waals surface area contributed by atoms with Gasteiger partial charge < -0.3 is 10.2 Å². The second-order valence-corrected chi connectivity index (χ2v) is 5.94. The van der Waals surface area contributed by atoms with Crippen molar-refractivity contribution in [3.05, 3.63) is 59.2 Å². The molecule has 0 radical (unpaired) electrons. The lowest BCUT2D eigenvalue weighted by Gasteiger charge is -2.11. The highest BCUT2D eigenvalue weighted by molar-refractivity contribution is 5.96. The van der Waals surface area contributed by atoms with E-state index in [0.717, 1.165) is 34.9 Å². The second kappa shape index (κ2) is 8.34. The van der Waals surface area contributed by atoms with E-state index in [1.807, 2.05) is 50.2 Å². The Balaban J connectivity index is 1.88. The van der Waals surface area contributed by atoms with Gasteiger partial charge in [0.05, 0.1) is 17.1 Å². The highest BCUT2D eigenvalue weighted by Gasteiger charge is 2.09. The summed E-state index contributed by atoms with van der Waals surface area (Å²) in [6, 6.07) is 11.6. The minimum absolute atomic E-state index is 0.247. The number of aryl methyl sites for hydroxylation is 1. The Hall–Kier alpha value is -2.56. The molecule has 1 atom stereocenters. The Morgan fingerprint density at radius 2 is 1.83 bits per heavy atom. The van der Waals surface area contributed by atoms with E-state index in [1.165, 1.54) is 0 Å². The van der Waals surface area contributed by atoms with Gasteiger partial charge in [0.2, 0.25) is 0 Å².